The summed E-state index contributed by atoms with van der Waals surface area (Å²) in [5, 5.41) is 28.4. The van der Waals surface area contributed by atoms with Gasteiger partial charge in [-0.3, -0.25) is 0 Å². The van der Waals surface area contributed by atoms with Gasteiger partial charge in [0.1, 0.15) is 0 Å². The summed E-state index contributed by atoms with van der Waals surface area (Å²) in [4.78, 5) is 10.2. The molecule has 0 radical (unpaired) electrons. The average Bonchev–Trinajstić information content (AvgIpc) is 2.70. The van der Waals surface area contributed by atoms with Gasteiger partial charge in [-0.15, -0.1) is 0 Å². The van der Waals surface area contributed by atoms with E-state index in [0.29, 0.717) is 12.0 Å². The van der Waals surface area contributed by atoms with E-state index in [1.165, 1.54) is 0 Å². The SMILES string of the molecule is O=C(O)c1ccccc1.OC(CC(O)c1ccccc1)c1ccccc1.[Ca+2].[H-].[H-]. The molecule has 3 aromatic rings. The summed E-state index contributed by atoms with van der Waals surface area (Å²) >= 11 is 0. The molecule has 0 bridgehead atoms. The molecule has 0 saturated carbocycles. The van der Waals surface area contributed by atoms with Gasteiger partial charge in [-0.2, -0.15) is 0 Å². The van der Waals surface area contributed by atoms with Crippen LogP contribution < -0.4 is 0 Å². The molecule has 0 aliphatic heterocycles. The van der Waals surface area contributed by atoms with Crippen LogP contribution in [0.1, 0.15) is 43.0 Å². The average molecular weight is 393 g/mol. The molecule has 0 spiro atoms. The topological polar surface area (TPSA) is 77.8 Å². The first-order valence-corrected chi connectivity index (χ1v) is 8.32. The zero-order valence-corrected chi connectivity index (χ0v) is 17.2. The van der Waals surface area contributed by atoms with Crippen molar-refractivity contribution in [2.24, 2.45) is 0 Å². The maximum Gasteiger partial charge on any atom is 2.00 e. The number of carboxylic acids is 1. The normalized spacial score (nSPS) is 11.9. The van der Waals surface area contributed by atoms with Gasteiger partial charge in [0.15, 0.2) is 0 Å². The van der Waals surface area contributed by atoms with Gasteiger partial charge in [0.05, 0.1) is 17.8 Å². The summed E-state index contributed by atoms with van der Waals surface area (Å²) in [6.45, 7) is 0. The number of benzene rings is 3. The molecule has 2 atom stereocenters. The summed E-state index contributed by atoms with van der Waals surface area (Å²) < 4.78 is 0. The summed E-state index contributed by atoms with van der Waals surface area (Å²) in [7, 11) is 0. The monoisotopic (exact) mass is 392 g/mol. The van der Waals surface area contributed by atoms with E-state index >= 15 is 0 Å². The zero-order chi connectivity index (χ0) is 18.8. The van der Waals surface area contributed by atoms with E-state index in [1.807, 2.05) is 60.7 Å². The molecule has 0 saturated heterocycles. The quantitative estimate of drug-likeness (QED) is 0.572. The molecular weight excluding hydrogens is 368 g/mol. The molecule has 0 amide bonds. The van der Waals surface area contributed by atoms with Crippen LogP contribution in [-0.2, 0) is 0 Å². The number of hydrogen-bond donors (Lipinski definition) is 3. The fourth-order valence-electron chi connectivity index (χ4n) is 2.41. The number of aromatic carboxylic acids is 1. The van der Waals surface area contributed by atoms with Gasteiger partial charge in [0.25, 0.3) is 0 Å². The number of aliphatic hydroxyl groups excluding tert-OH is 2. The molecule has 3 N–H and O–H groups in total. The van der Waals surface area contributed by atoms with Crippen molar-refractivity contribution in [3.63, 3.8) is 0 Å². The van der Waals surface area contributed by atoms with Gasteiger partial charge < -0.3 is 18.2 Å². The van der Waals surface area contributed by atoms with E-state index < -0.39 is 18.2 Å². The smallest absolute Gasteiger partial charge is 1.00 e. The van der Waals surface area contributed by atoms with Gasteiger partial charge in [-0.25, -0.2) is 4.79 Å². The Morgan fingerprint density at radius 1 is 0.704 bits per heavy atom. The van der Waals surface area contributed by atoms with Gasteiger partial charge >= 0.3 is 43.7 Å². The van der Waals surface area contributed by atoms with Crippen LogP contribution in [0, 0.1) is 0 Å². The Labute approximate surface area is 192 Å². The van der Waals surface area contributed by atoms with Crippen molar-refractivity contribution >= 4 is 43.7 Å². The van der Waals surface area contributed by atoms with E-state index in [1.54, 1.807) is 30.3 Å². The molecule has 27 heavy (non-hydrogen) atoms. The van der Waals surface area contributed by atoms with Gasteiger partial charge in [0, 0.05) is 6.42 Å². The van der Waals surface area contributed by atoms with Crippen LogP contribution in [0.2, 0.25) is 0 Å². The van der Waals surface area contributed by atoms with Gasteiger partial charge in [0.2, 0.25) is 0 Å². The van der Waals surface area contributed by atoms with E-state index in [0.717, 1.165) is 11.1 Å². The van der Waals surface area contributed by atoms with E-state index in [9.17, 15) is 15.0 Å². The van der Waals surface area contributed by atoms with Crippen molar-refractivity contribution in [2.45, 2.75) is 18.6 Å². The Bertz CT molecular complexity index is 746. The van der Waals surface area contributed by atoms with Crippen molar-refractivity contribution in [3.05, 3.63) is 108 Å². The minimum absolute atomic E-state index is 0. The van der Waals surface area contributed by atoms with E-state index in [2.05, 4.69) is 0 Å². The third-order valence-electron chi connectivity index (χ3n) is 3.84. The first-order valence-electron chi connectivity index (χ1n) is 8.32. The maximum atomic E-state index is 10.2. The minimum Gasteiger partial charge on any atom is -1.00 e. The van der Waals surface area contributed by atoms with Gasteiger partial charge in [-0.05, 0) is 23.3 Å². The van der Waals surface area contributed by atoms with Crippen molar-refractivity contribution in [3.8, 4) is 0 Å². The first-order chi connectivity index (χ1) is 12.6. The molecule has 138 valence electrons. The van der Waals surface area contributed by atoms with Crippen LogP contribution in [-0.4, -0.2) is 59.0 Å². The molecule has 3 rings (SSSR count). The van der Waals surface area contributed by atoms with Crippen LogP contribution in [0.3, 0.4) is 0 Å². The summed E-state index contributed by atoms with van der Waals surface area (Å²) in [5.74, 6) is -0.879. The van der Waals surface area contributed by atoms with Crippen molar-refractivity contribution < 1.29 is 23.0 Å². The second-order valence-electron chi connectivity index (χ2n) is 5.76. The van der Waals surface area contributed by atoms with Crippen molar-refractivity contribution in [1.82, 2.24) is 0 Å². The summed E-state index contributed by atoms with van der Waals surface area (Å²) in [6, 6.07) is 27.1. The third kappa shape index (κ3) is 8.24. The molecule has 0 aromatic heterocycles. The molecular formula is C22H24CaO4. The van der Waals surface area contributed by atoms with Crippen LogP contribution in [0.25, 0.3) is 0 Å². The molecule has 4 nitrogen and oxygen atoms in total. The number of carboxylic acid groups (broad SMARTS) is 1. The Balaban J connectivity index is 0. The second kappa shape index (κ2) is 12.7. The Kier molecular flexibility index (Phi) is 10.9. The fraction of sp³-hybridized carbons (Fsp3) is 0.136. The predicted molar refractivity (Wildman–Crippen MR) is 109 cm³/mol. The molecule has 0 heterocycles. The maximum absolute atomic E-state index is 10.2. The molecule has 0 aliphatic rings. The Hall–Kier alpha value is -1.69. The Morgan fingerprint density at radius 3 is 1.33 bits per heavy atom. The van der Waals surface area contributed by atoms with Crippen LogP contribution >= 0.6 is 0 Å². The first kappa shape index (κ1) is 23.3. The van der Waals surface area contributed by atoms with E-state index in [4.69, 9.17) is 5.11 Å². The number of rotatable bonds is 5. The predicted octanol–water partition coefficient (Wildman–Crippen LogP) is 4.07. The molecule has 3 aromatic carbocycles. The largest absolute Gasteiger partial charge is 2.00 e. The molecule has 5 heteroatoms. The molecule has 2 unspecified atom stereocenters. The molecule has 0 aliphatic carbocycles. The third-order valence-corrected chi connectivity index (χ3v) is 3.84. The van der Waals surface area contributed by atoms with Crippen molar-refractivity contribution in [2.75, 3.05) is 0 Å². The number of carbonyl (C=O) groups is 1. The van der Waals surface area contributed by atoms with Crippen LogP contribution in [0.4, 0.5) is 0 Å². The minimum atomic E-state index is -0.879. The molecule has 0 fully saturated rings. The standard InChI is InChI=1S/C15H16O2.C7H6O2.Ca.2H/c16-14(12-7-3-1-4-8-12)11-15(17)13-9-5-2-6-10-13;8-7(9)6-4-2-1-3-5-6;;;/h1-10,14-17H,11H2;1-5H,(H,8,9);;;/q;;+2;2*-1. The van der Waals surface area contributed by atoms with Crippen LogP contribution in [0.15, 0.2) is 91.0 Å². The summed E-state index contributed by atoms with van der Waals surface area (Å²) in [6.07, 6.45) is -0.952. The fourth-order valence-corrected chi connectivity index (χ4v) is 2.41. The summed E-state index contributed by atoms with van der Waals surface area (Å²) in [5.41, 5.74) is 2.00. The van der Waals surface area contributed by atoms with Crippen LogP contribution in [0.5, 0.6) is 0 Å². The number of hydrogen-bond acceptors (Lipinski definition) is 3. The van der Waals surface area contributed by atoms with Crippen molar-refractivity contribution in [1.29, 1.82) is 0 Å². The number of aliphatic hydroxyl groups is 2. The van der Waals surface area contributed by atoms with E-state index in [-0.39, 0.29) is 40.6 Å². The Morgan fingerprint density at radius 2 is 1.04 bits per heavy atom. The van der Waals surface area contributed by atoms with Gasteiger partial charge in [-0.1, -0.05) is 78.9 Å². The second-order valence-corrected chi connectivity index (χ2v) is 5.76. The zero-order valence-electron chi connectivity index (χ0n) is 17.0.